The topological polar surface area (TPSA) is 99.5 Å². The largest absolute Gasteiger partial charge is 0.506 e. The van der Waals surface area contributed by atoms with Crippen molar-refractivity contribution >= 4 is 43.6 Å². The van der Waals surface area contributed by atoms with E-state index in [1.54, 1.807) is 44.0 Å². The predicted molar refractivity (Wildman–Crippen MR) is 131 cm³/mol. The number of rotatable bonds is 9. The number of aromatic nitrogens is 3. The Kier molecular flexibility index (Phi) is 6.35. The third-order valence-corrected chi connectivity index (χ3v) is 7.70. The van der Waals surface area contributed by atoms with Gasteiger partial charge in [0.15, 0.2) is 0 Å². The number of ether oxygens (including phenoxy) is 1. The summed E-state index contributed by atoms with van der Waals surface area (Å²) in [6.45, 7) is 2.29. The lowest BCUT2D eigenvalue weighted by Gasteiger charge is -2.12. The van der Waals surface area contributed by atoms with Gasteiger partial charge in [-0.1, -0.05) is 0 Å². The number of fused-ring (bicyclic) bond motifs is 1. The Hall–Kier alpha value is -2.85. The van der Waals surface area contributed by atoms with E-state index in [1.807, 2.05) is 10.6 Å². The van der Waals surface area contributed by atoms with E-state index in [0.29, 0.717) is 39.0 Å². The van der Waals surface area contributed by atoms with E-state index in [9.17, 15) is 14.1 Å². The molecule has 0 radical (unpaired) electrons. The quantitative estimate of drug-likeness (QED) is 0.300. The summed E-state index contributed by atoms with van der Waals surface area (Å²) >= 11 is 3.49. The number of furan rings is 1. The van der Waals surface area contributed by atoms with Crippen molar-refractivity contribution in [2.45, 2.75) is 43.9 Å². The number of aromatic hydroxyl groups is 1. The first kappa shape index (κ1) is 22.9. The van der Waals surface area contributed by atoms with Crippen molar-refractivity contribution in [2.75, 3.05) is 6.61 Å². The zero-order valence-corrected chi connectivity index (χ0v) is 21.0. The average molecular weight is 546 g/mol. The lowest BCUT2D eigenvalue weighted by molar-refractivity contribution is 0.0527. The van der Waals surface area contributed by atoms with Gasteiger partial charge in [0.05, 0.1) is 52.8 Å². The summed E-state index contributed by atoms with van der Waals surface area (Å²) < 4.78 is 28.5. The second-order valence-corrected chi connectivity index (χ2v) is 10.6. The molecule has 0 aliphatic heterocycles. The second kappa shape index (κ2) is 9.42. The van der Waals surface area contributed by atoms with Crippen LogP contribution in [-0.4, -0.2) is 36.0 Å². The fourth-order valence-corrected chi connectivity index (χ4v) is 5.97. The molecule has 0 saturated heterocycles. The number of imidazole rings is 1. The zero-order chi connectivity index (χ0) is 23.8. The Morgan fingerprint density at radius 1 is 1.38 bits per heavy atom. The summed E-state index contributed by atoms with van der Waals surface area (Å²) in [5, 5.41) is 11.7. The highest BCUT2D eigenvalue weighted by molar-refractivity contribution is 9.10. The van der Waals surface area contributed by atoms with E-state index < -0.39 is 16.8 Å². The van der Waals surface area contributed by atoms with Crippen LogP contribution in [0.3, 0.4) is 0 Å². The molecule has 10 heteroatoms. The smallest absolute Gasteiger partial charge is 0.340 e. The maximum atomic E-state index is 13.3. The molecular weight excluding hydrogens is 522 g/mol. The van der Waals surface area contributed by atoms with E-state index in [1.165, 1.54) is 0 Å². The average Bonchev–Trinajstić information content (AvgIpc) is 3.17. The minimum atomic E-state index is -1.32. The Balaban J connectivity index is 1.72. The Morgan fingerprint density at radius 3 is 2.85 bits per heavy atom. The first-order valence-electron chi connectivity index (χ1n) is 11.0. The van der Waals surface area contributed by atoms with Gasteiger partial charge in [0, 0.05) is 45.9 Å². The van der Waals surface area contributed by atoms with Gasteiger partial charge in [-0.25, -0.2) is 9.78 Å². The first-order chi connectivity index (χ1) is 16.5. The lowest BCUT2D eigenvalue weighted by Crippen LogP contribution is -2.13. The number of esters is 1. The van der Waals surface area contributed by atoms with Gasteiger partial charge in [0.25, 0.3) is 0 Å². The molecule has 1 aromatic carbocycles. The van der Waals surface area contributed by atoms with E-state index in [2.05, 4.69) is 25.5 Å². The van der Waals surface area contributed by atoms with Crippen molar-refractivity contribution in [1.82, 2.24) is 14.1 Å². The van der Waals surface area contributed by atoms with Gasteiger partial charge in [-0.2, -0.15) is 0 Å². The van der Waals surface area contributed by atoms with Crippen molar-refractivity contribution in [3.63, 3.8) is 0 Å². The normalized spacial score (nSPS) is 14.5. The van der Waals surface area contributed by atoms with Crippen molar-refractivity contribution in [2.24, 2.45) is 0 Å². The van der Waals surface area contributed by atoms with Crippen molar-refractivity contribution < 1.29 is 23.3 Å². The van der Waals surface area contributed by atoms with Crippen LogP contribution in [0.1, 0.15) is 53.2 Å². The molecule has 1 saturated carbocycles. The molecule has 0 bridgehead atoms. The molecule has 4 aromatic rings. The van der Waals surface area contributed by atoms with E-state index >= 15 is 0 Å². The molecule has 0 amide bonds. The number of carbonyl (C=O) groups excluding carboxylic acids is 1. The molecule has 1 fully saturated rings. The molecule has 3 heterocycles. The molecule has 1 atom stereocenters. The number of halogens is 1. The number of phenolic OH excluding ortho intramolecular Hbond substituents is 1. The Bertz CT molecular complexity index is 1360. The molecular formula is C24H24BrN3O5S. The first-order valence-corrected chi connectivity index (χ1v) is 13.3. The van der Waals surface area contributed by atoms with Gasteiger partial charge in [-0.3, -0.25) is 4.21 Å². The van der Waals surface area contributed by atoms with Gasteiger partial charge in [-0.05, 0) is 53.9 Å². The summed E-state index contributed by atoms with van der Waals surface area (Å²) in [4.78, 5) is 17.4. The highest BCUT2D eigenvalue weighted by atomic mass is 79.9. The summed E-state index contributed by atoms with van der Waals surface area (Å²) in [5.74, 6) is 0.626. The van der Waals surface area contributed by atoms with Crippen LogP contribution in [0.4, 0.5) is 0 Å². The number of hydrogen-bond donors (Lipinski definition) is 1. The van der Waals surface area contributed by atoms with Gasteiger partial charge in [0.1, 0.15) is 11.5 Å². The maximum absolute atomic E-state index is 13.3. The predicted octanol–water partition coefficient (Wildman–Crippen LogP) is 4.91. The summed E-state index contributed by atoms with van der Waals surface area (Å²) in [5.41, 5.74) is 2.44. The van der Waals surface area contributed by atoms with E-state index in [4.69, 9.17) is 9.15 Å². The van der Waals surface area contributed by atoms with Crippen LogP contribution in [0.25, 0.3) is 10.9 Å². The fourth-order valence-electron chi connectivity index (χ4n) is 4.35. The van der Waals surface area contributed by atoms with Crippen molar-refractivity contribution in [1.29, 1.82) is 0 Å². The van der Waals surface area contributed by atoms with Crippen LogP contribution in [0.5, 0.6) is 5.75 Å². The lowest BCUT2D eigenvalue weighted by atomic mass is 10.0. The number of carbonyl (C=O) groups is 1. The number of nitrogens with zero attached hydrogens (tertiary/aromatic N) is 3. The van der Waals surface area contributed by atoms with Gasteiger partial charge < -0.3 is 23.4 Å². The van der Waals surface area contributed by atoms with E-state index in [0.717, 1.165) is 18.4 Å². The van der Waals surface area contributed by atoms with Crippen molar-refractivity contribution in [3.05, 3.63) is 70.2 Å². The minimum absolute atomic E-state index is 0.0583. The molecule has 1 N–H and O–H groups in total. The second-order valence-electron chi connectivity index (χ2n) is 8.27. The van der Waals surface area contributed by atoms with Crippen LogP contribution in [0.15, 0.2) is 52.1 Å². The third-order valence-electron chi connectivity index (χ3n) is 5.89. The number of phenols is 1. The third kappa shape index (κ3) is 4.32. The van der Waals surface area contributed by atoms with E-state index in [-0.39, 0.29) is 29.9 Å². The molecule has 1 unspecified atom stereocenters. The number of benzene rings is 1. The standard InChI is InChI=1S/C24H24BrN3O5S/c1-2-32-24(30)22-20(13-34(31)12-16-4-3-9-33-16)28(15-5-6-15)19-10-18(25)23(29)17(21(19)22)11-27-8-7-26-14-27/h3-4,7-10,14-15,29H,2,5-6,11-13H2,1H3. The number of hydrogen-bond acceptors (Lipinski definition) is 6. The maximum Gasteiger partial charge on any atom is 0.340 e. The molecule has 1 aliphatic rings. The van der Waals surface area contributed by atoms with Gasteiger partial charge in [0.2, 0.25) is 0 Å². The van der Waals surface area contributed by atoms with Crippen LogP contribution in [-0.2, 0) is 33.6 Å². The molecule has 1 aliphatic carbocycles. The molecule has 8 nitrogen and oxygen atoms in total. The van der Waals surface area contributed by atoms with Crippen LogP contribution in [0, 0.1) is 0 Å². The molecule has 0 spiro atoms. The molecule has 3 aromatic heterocycles. The fraction of sp³-hybridized carbons (Fsp3) is 0.333. The van der Waals surface area contributed by atoms with Gasteiger partial charge in [-0.15, -0.1) is 0 Å². The monoisotopic (exact) mass is 545 g/mol. The summed E-state index contributed by atoms with van der Waals surface area (Å²) in [7, 11) is -1.32. The van der Waals surface area contributed by atoms with Crippen LogP contribution >= 0.6 is 15.9 Å². The Labute approximate surface area is 207 Å². The van der Waals surface area contributed by atoms with Crippen LogP contribution in [0.2, 0.25) is 0 Å². The molecule has 5 rings (SSSR count). The van der Waals surface area contributed by atoms with Crippen LogP contribution < -0.4 is 0 Å². The Morgan fingerprint density at radius 2 is 2.21 bits per heavy atom. The highest BCUT2D eigenvalue weighted by Crippen LogP contribution is 2.46. The van der Waals surface area contributed by atoms with Crippen molar-refractivity contribution in [3.8, 4) is 5.75 Å². The minimum Gasteiger partial charge on any atom is -0.506 e. The summed E-state index contributed by atoms with van der Waals surface area (Å²) in [6, 6.07) is 5.60. The SMILES string of the molecule is CCOC(=O)c1c(CS(=O)Cc2ccco2)n(C2CC2)c2cc(Br)c(O)c(Cn3ccnc3)c12. The summed E-state index contributed by atoms with van der Waals surface area (Å²) in [6.07, 6.45) is 8.62. The molecule has 34 heavy (non-hydrogen) atoms. The molecule has 178 valence electrons. The van der Waals surface area contributed by atoms with Gasteiger partial charge >= 0.3 is 5.97 Å². The zero-order valence-electron chi connectivity index (χ0n) is 18.6. The highest BCUT2D eigenvalue weighted by Gasteiger charge is 2.35.